The zero-order valence-electron chi connectivity index (χ0n) is 43.2. The van der Waals surface area contributed by atoms with E-state index in [0.717, 1.165) is 11.1 Å². The van der Waals surface area contributed by atoms with Crippen LogP contribution in [-0.2, 0) is 59.4 Å². The lowest BCUT2D eigenvalue weighted by Gasteiger charge is -2.24. The van der Waals surface area contributed by atoms with Crippen molar-refractivity contribution in [2.75, 3.05) is 19.8 Å². The van der Waals surface area contributed by atoms with Crippen molar-refractivity contribution in [1.29, 1.82) is 0 Å². The number of ketones is 2. The molecule has 0 aliphatic carbocycles. The number of rotatable bonds is 26. The molecule has 74 heavy (non-hydrogen) atoms. The summed E-state index contributed by atoms with van der Waals surface area (Å²) in [4.78, 5) is 85.9. The van der Waals surface area contributed by atoms with Gasteiger partial charge < -0.3 is 46.3 Å². The molecule has 0 aliphatic rings. The number of nitrogens with two attached hydrogens (primary N) is 1. The Bertz CT molecular complexity index is 2380. The largest absolute Gasteiger partial charge is 0.483 e. The van der Waals surface area contributed by atoms with E-state index in [0.29, 0.717) is 59.1 Å². The van der Waals surface area contributed by atoms with E-state index in [1.54, 1.807) is 65.0 Å². The molecule has 4 amide bonds. The highest BCUT2D eigenvalue weighted by molar-refractivity contribution is 6.31. The molecule has 0 saturated carbocycles. The minimum atomic E-state index is -1.14. The Hall–Kier alpha value is -6.49. The van der Waals surface area contributed by atoms with E-state index < -0.39 is 48.2 Å². The standard InChI is InChI=1S/C28H35ClN2O7.C25H32ClN3O4.C2H6.CH4/c1-18(26(35)30-16-20-15-21(29)11-13-24(20)37-17-25(33)34)14-23(32)22(31-27(36)38-28(2,3)4)12-10-19-8-6-5-7-9-19;1-3-28-24(31)16-33-23-12-10-20(26)14-19(23)15-29-25(32)17(2)13-22(30)21(27)11-9-18-7-5-4-6-8-18;1-2;/h5-9,11,13,15,18,22H,10,12,14,16-17H2,1-4H3,(H,30,35)(H,31,36)(H,33,34);4-8,10,12,14,17,21H,3,9,11,13,15-16,27H2,1-2H3,(H,28,31)(H,29,32);1-2H3;1H4/t18-,22-;17-,21-;;/m11../s1. The molecule has 4 atom stereocenters. The molecule has 0 fully saturated rings. The summed E-state index contributed by atoms with van der Waals surface area (Å²) in [7, 11) is 0. The number of likely N-dealkylation sites (N-methyl/N-ethyl adjacent to an activating group) is 1. The maximum Gasteiger partial charge on any atom is 0.408 e. The highest BCUT2D eigenvalue weighted by Crippen LogP contribution is 2.25. The van der Waals surface area contributed by atoms with Crippen LogP contribution in [0.3, 0.4) is 0 Å². The first kappa shape index (κ1) is 65.5. The van der Waals surface area contributed by atoms with Crippen molar-refractivity contribution in [2.45, 2.75) is 132 Å². The molecule has 4 rings (SSSR count). The summed E-state index contributed by atoms with van der Waals surface area (Å²) < 4.78 is 16.2. The van der Waals surface area contributed by atoms with Gasteiger partial charge in [-0.05, 0) is 101 Å². The molecule has 0 heterocycles. The van der Waals surface area contributed by atoms with E-state index in [2.05, 4.69) is 21.3 Å². The van der Waals surface area contributed by atoms with Gasteiger partial charge in [0.15, 0.2) is 19.0 Å². The number of Topliss-reactive ketones (excluding diaryl/α,β-unsaturated/α-hetero) is 2. The number of amides is 4. The molecule has 0 aliphatic heterocycles. The molecule has 16 nitrogen and oxygen atoms in total. The Labute approximate surface area is 447 Å². The highest BCUT2D eigenvalue weighted by atomic mass is 35.5. The topological polar surface area (TPSA) is 242 Å². The van der Waals surface area contributed by atoms with Crippen LogP contribution >= 0.6 is 23.2 Å². The number of carboxylic acids is 1. The predicted molar refractivity (Wildman–Crippen MR) is 290 cm³/mol. The molecule has 7 N–H and O–H groups in total. The van der Waals surface area contributed by atoms with Gasteiger partial charge in [0.2, 0.25) is 11.8 Å². The van der Waals surface area contributed by atoms with Crippen LogP contribution in [0.4, 0.5) is 4.79 Å². The van der Waals surface area contributed by atoms with Gasteiger partial charge in [-0.25, -0.2) is 9.59 Å². The van der Waals surface area contributed by atoms with Crippen molar-refractivity contribution in [3.8, 4) is 11.5 Å². The lowest BCUT2D eigenvalue weighted by Crippen LogP contribution is -2.44. The average molecular weight is 1070 g/mol. The fourth-order valence-electron chi connectivity index (χ4n) is 6.83. The minimum Gasteiger partial charge on any atom is -0.483 e. The molecule has 0 radical (unpaired) electrons. The van der Waals surface area contributed by atoms with E-state index in [1.807, 2.05) is 81.4 Å². The number of ether oxygens (including phenoxy) is 3. The van der Waals surface area contributed by atoms with Gasteiger partial charge in [0, 0.05) is 65.5 Å². The Kier molecular flexibility index (Phi) is 30.9. The molecule has 0 spiro atoms. The zero-order valence-corrected chi connectivity index (χ0v) is 44.7. The summed E-state index contributed by atoms with van der Waals surface area (Å²) in [6, 6.07) is 27.6. The first-order chi connectivity index (χ1) is 34.6. The molecule has 0 aromatic heterocycles. The normalized spacial score (nSPS) is 12.1. The second kappa shape index (κ2) is 34.8. The maximum absolute atomic E-state index is 13.2. The Morgan fingerprint density at radius 1 is 0.649 bits per heavy atom. The van der Waals surface area contributed by atoms with Crippen molar-refractivity contribution >= 4 is 64.6 Å². The maximum atomic E-state index is 13.2. The molecular formula is C56H77Cl2N5O11. The monoisotopic (exact) mass is 1070 g/mol. The van der Waals surface area contributed by atoms with Crippen LogP contribution in [0.1, 0.15) is 111 Å². The van der Waals surface area contributed by atoms with Crippen molar-refractivity contribution in [3.63, 3.8) is 0 Å². The van der Waals surface area contributed by atoms with Crippen molar-refractivity contribution < 1.29 is 52.9 Å². The number of halogens is 2. The summed E-state index contributed by atoms with van der Waals surface area (Å²) in [5.74, 6) is -2.94. The molecule has 4 aromatic rings. The van der Waals surface area contributed by atoms with Gasteiger partial charge in [-0.1, -0.05) is 119 Å². The Balaban J connectivity index is 0.000000713. The first-order valence-corrected chi connectivity index (χ1v) is 25.1. The van der Waals surface area contributed by atoms with Crippen LogP contribution in [0.2, 0.25) is 10.0 Å². The van der Waals surface area contributed by atoms with E-state index >= 15 is 0 Å². The third-order valence-electron chi connectivity index (χ3n) is 10.6. The zero-order chi connectivity index (χ0) is 54.5. The van der Waals surface area contributed by atoms with Gasteiger partial charge in [0.1, 0.15) is 22.9 Å². The van der Waals surface area contributed by atoms with E-state index in [1.165, 1.54) is 6.07 Å². The van der Waals surface area contributed by atoms with Gasteiger partial charge >= 0.3 is 12.1 Å². The van der Waals surface area contributed by atoms with Gasteiger partial charge in [-0.3, -0.25) is 24.0 Å². The van der Waals surface area contributed by atoms with Crippen LogP contribution in [-0.4, -0.2) is 83.9 Å². The number of carboxylic acid groups (broad SMARTS) is 1. The average Bonchev–Trinajstić information content (AvgIpc) is 3.35. The molecular weight excluding hydrogens is 990 g/mol. The quantitative estimate of drug-likeness (QED) is 0.0345. The number of aryl methyl sites for hydroxylation is 2. The number of carbonyl (C=O) groups is 7. The van der Waals surface area contributed by atoms with Crippen molar-refractivity contribution in [1.82, 2.24) is 21.3 Å². The lowest BCUT2D eigenvalue weighted by molar-refractivity contribution is -0.139. The van der Waals surface area contributed by atoms with Crippen LogP contribution in [0, 0.1) is 11.8 Å². The number of nitrogens with one attached hydrogen (secondary N) is 4. The number of hydrogen-bond donors (Lipinski definition) is 6. The third kappa shape index (κ3) is 26.5. The molecule has 0 unspecified atom stereocenters. The minimum absolute atomic E-state index is 0. The van der Waals surface area contributed by atoms with Crippen LogP contribution < -0.4 is 36.5 Å². The molecule has 18 heteroatoms. The summed E-state index contributed by atoms with van der Waals surface area (Å²) >= 11 is 12.1. The number of aliphatic carboxylic acids is 1. The van der Waals surface area contributed by atoms with Gasteiger partial charge in [0.25, 0.3) is 5.91 Å². The number of alkyl carbamates (subject to hydrolysis) is 1. The number of carbonyl (C=O) groups excluding carboxylic acids is 6. The third-order valence-corrected chi connectivity index (χ3v) is 11.1. The van der Waals surface area contributed by atoms with Crippen LogP contribution in [0.15, 0.2) is 97.1 Å². The van der Waals surface area contributed by atoms with Crippen LogP contribution in [0.25, 0.3) is 0 Å². The van der Waals surface area contributed by atoms with Crippen molar-refractivity contribution in [3.05, 3.63) is 129 Å². The predicted octanol–water partition coefficient (Wildman–Crippen LogP) is 9.23. The fourth-order valence-corrected chi connectivity index (χ4v) is 7.22. The highest BCUT2D eigenvalue weighted by Gasteiger charge is 2.28. The van der Waals surface area contributed by atoms with Gasteiger partial charge in [-0.15, -0.1) is 0 Å². The summed E-state index contributed by atoms with van der Waals surface area (Å²) in [5.41, 5.74) is 8.60. The molecule has 0 saturated heterocycles. The number of benzene rings is 4. The molecule has 4 aromatic carbocycles. The summed E-state index contributed by atoms with van der Waals surface area (Å²) in [6.07, 6.45) is 1.42. The SMILES string of the molecule is C.CC.CCNC(=O)COc1ccc(Cl)cc1CNC(=O)[C@H](C)CC(=O)[C@H](N)CCc1ccccc1.C[C@H](CC(=O)[C@@H](CCc1ccccc1)NC(=O)OC(C)(C)C)C(=O)NCc1cc(Cl)ccc1OCC(=O)O. The van der Waals surface area contributed by atoms with E-state index in [4.69, 9.17) is 48.3 Å². The fraction of sp³-hybridized carbons (Fsp3) is 0.446. The lowest BCUT2D eigenvalue weighted by atomic mass is 9.95. The second-order valence-corrected chi connectivity index (χ2v) is 18.7. The summed E-state index contributed by atoms with van der Waals surface area (Å²) in [5, 5.41) is 20.6. The molecule has 0 bridgehead atoms. The summed E-state index contributed by atoms with van der Waals surface area (Å²) in [6.45, 7) is 14.4. The Morgan fingerprint density at radius 3 is 1.54 bits per heavy atom. The van der Waals surface area contributed by atoms with E-state index in [9.17, 15) is 33.6 Å². The van der Waals surface area contributed by atoms with Crippen molar-refractivity contribution in [2.24, 2.45) is 17.6 Å². The smallest absolute Gasteiger partial charge is 0.408 e. The van der Waals surface area contributed by atoms with E-state index in [-0.39, 0.29) is 75.0 Å². The second-order valence-electron chi connectivity index (χ2n) is 17.9. The van der Waals surface area contributed by atoms with Crippen LogP contribution in [0.5, 0.6) is 11.5 Å². The molecule has 406 valence electrons. The Morgan fingerprint density at radius 2 is 1.09 bits per heavy atom. The number of hydrogen-bond acceptors (Lipinski definition) is 11. The van der Waals surface area contributed by atoms with Gasteiger partial charge in [-0.2, -0.15) is 0 Å². The van der Waals surface area contributed by atoms with Gasteiger partial charge in [0.05, 0.1) is 12.1 Å². The first-order valence-electron chi connectivity index (χ1n) is 24.4.